The Kier molecular flexibility index (Phi) is 5.65. The number of carbonyl (C=O) groups excluding carboxylic acids is 2. The van der Waals surface area contributed by atoms with Crippen molar-refractivity contribution in [3.8, 4) is 11.5 Å². The van der Waals surface area contributed by atoms with Gasteiger partial charge in [-0.25, -0.2) is 0 Å². The van der Waals surface area contributed by atoms with Crippen LogP contribution in [0.5, 0.6) is 11.5 Å². The smallest absolute Gasteiger partial charge is 0.295 e. The number of hydrogen-bond acceptors (Lipinski definition) is 5. The summed E-state index contributed by atoms with van der Waals surface area (Å²) in [5.74, 6) is -0.693. The molecule has 1 saturated heterocycles. The highest BCUT2D eigenvalue weighted by Crippen LogP contribution is 2.44. The largest absolute Gasteiger partial charge is 0.507 e. The Hall–Kier alpha value is -3.74. The molecule has 0 saturated carbocycles. The molecule has 1 aliphatic heterocycles. The summed E-state index contributed by atoms with van der Waals surface area (Å²) in [6.07, 6.45) is 0.677. The molecular formula is C25H26N2O5. The Morgan fingerprint density at radius 3 is 2.56 bits per heavy atom. The van der Waals surface area contributed by atoms with Crippen LogP contribution in [-0.2, 0) is 9.59 Å². The van der Waals surface area contributed by atoms with Crippen LogP contribution in [0.4, 0.5) is 0 Å². The van der Waals surface area contributed by atoms with E-state index in [1.165, 1.54) is 14.2 Å². The number of Topliss-reactive ketones (excluding diaryl/α,β-unsaturated/α-hetero) is 1. The summed E-state index contributed by atoms with van der Waals surface area (Å²) in [5, 5.41) is 12.3. The van der Waals surface area contributed by atoms with Gasteiger partial charge in [-0.15, -0.1) is 0 Å². The predicted molar refractivity (Wildman–Crippen MR) is 122 cm³/mol. The van der Waals surface area contributed by atoms with Crippen molar-refractivity contribution in [2.45, 2.75) is 26.3 Å². The van der Waals surface area contributed by atoms with Crippen LogP contribution in [0.15, 0.2) is 48.0 Å². The van der Waals surface area contributed by atoms with Crippen molar-refractivity contribution in [3.63, 3.8) is 0 Å². The highest BCUT2D eigenvalue weighted by Gasteiger charge is 2.47. The van der Waals surface area contributed by atoms with Gasteiger partial charge in [0.15, 0.2) is 0 Å². The van der Waals surface area contributed by atoms with Crippen LogP contribution in [-0.4, -0.2) is 47.4 Å². The first-order valence-corrected chi connectivity index (χ1v) is 10.5. The van der Waals surface area contributed by atoms with Gasteiger partial charge in [-0.1, -0.05) is 25.1 Å². The molecule has 166 valence electrons. The van der Waals surface area contributed by atoms with Gasteiger partial charge in [-0.05, 0) is 31.5 Å². The molecule has 4 rings (SSSR count). The molecule has 3 aromatic rings. The zero-order valence-electron chi connectivity index (χ0n) is 18.6. The standard InChI is InChI=1S/C25H26N2O5/c1-5-12-27-22(20-14(2)26-18-9-7-6-8-16(18)20)21(24(29)25(27)30)23(28)17-11-10-15(31-3)13-19(17)32-4/h6-11,13,22,26,28H,5,12H2,1-4H3/b23-21+. The quantitative estimate of drug-likeness (QED) is 0.342. The van der Waals surface area contributed by atoms with E-state index in [0.29, 0.717) is 30.0 Å². The first kappa shape index (κ1) is 21.5. The van der Waals surface area contributed by atoms with E-state index < -0.39 is 17.7 Å². The van der Waals surface area contributed by atoms with E-state index in [4.69, 9.17) is 9.47 Å². The molecule has 2 aromatic carbocycles. The van der Waals surface area contributed by atoms with Crippen LogP contribution in [0.3, 0.4) is 0 Å². The summed E-state index contributed by atoms with van der Waals surface area (Å²) >= 11 is 0. The predicted octanol–water partition coefficient (Wildman–Crippen LogP) is 4.33. The fourth-order valence-corrected chi connectivity index (χ4v) is 4.44. The van der Waals surface area contributed by atoms with Gasteiger partial charge in [0.05, 0.1) is 31.4 Å². The molecule has 0 spiro atoms. The second-order valence-corrected chi connectivity index (χ2v) is 7.77. The Bertz CT molecular complexity index is 1240. The number of aliphatic hydroxyl groups excluding tert-OH is 1. The van der Waals surface area contributed by atoms with E-state index in [1.807, 2.05) is 38.1 Å². The normalized spacial score (nSPS) is 17.9. The van der Waals surface area contributed by atoms with Gasteiger partial charge in [0.1, 0.15) is 17.3 Å². The maximum atomic E-state index is 13.2. The molecular weight excluding hydrogens is 408 g/mol. The molecule has 7 heteroatoms. The summed E-state index contributed by atoms with van der Waals surface area (Å²) in [6.45, 7) is 4.26. The number of aryl methyl sites for hydroxylation is 1. The van der Waals surface area contributed by atoms with E-state index in [1.54, 1.807) is 23.1 Å². The van der Waals surface area contributed by atoms with Crippen LogP contribution >= 0.6 is 0 Å². The number of ketones is 1. The monoisotopic (exact) mass is 434 g/mol. The van der Waals surface area contributed by atoms with E-state index in [0.717, 1.165) is 22.2 Å². The van der Waals surface area contributed by atoms with E-state index in [9.17, 15) is 14.7 Å². The van der Waals surface area contributed by atoms with Gasteiger partial charge in [0.25, 0.3) is 11.7 Å². The number of benzene rings is 2. The zero-order chi connectivity index (χ0) is 23.0. The summed E-state index contributed by atoms with van der Waals surface area (Å²) in [5.41, 5.74) is 2.93. The Morgan fingerprint density at radius 2 is 1.88 bits per heavy atom. The van der Waals surface area contributed by atoms with E-state index in [-0.39, 0.29) is 11.3 Å². The van der Waals surface area contributed by atoms with Crippen LogP contribution < -0.4 is 9.47 Å². The molecule has 1 aromatic heterocycles. The molecule has 0 aliphatic carbocycles. The topological polar surface area (TPSA) is 91.9 Å². The first-order chi connectivity index (χ1) is 15.4. The summed E-state index contributed by atoms with van der Waals surface area (Å²) in [4.78, 5) is 31.1. The minimum atomic E-state index is -0.710. The lowest BCUT2D eigenvalue weighted by molar-refractivity contribution is -0.139. The van der Waals surface area contributed by atoms with E-state index >= 15 is 0 Å². The third-order valence-corrected chi connectivity index (χ3v) is 5.89. The third kappa shape index (κ3) is 3.30. The molecule has 1 aliphatic rings. The fraction of sp³-hybridized carbons (Fsp3) is 0.280. The van der Waals surface area contributed by atoms with Crippen molar-refractivity contribution in [1.82, 2.24) is 9.88 Å². The van der Waals surface area contributed by atoms with Gasteiger partial charge < -0.3 is 24.5 Å². The number of amides is 1. The Labute approximate surface area is 186 Å². The Balaban J connectivity index is 2.00. The molecule has 32 heavy (non-hydrogen) atoms. The molecule has 0 bridgehead atoms. The first-order valence-electron chi connectivity index (χ1n) is 10.5. The van der Waals surface area contributed by atoms with Gasteiger partial charge in [-0.2, -0.15) is 0 Å². The van der Waals surface area contributed by atoms with Gasteiger partial charge in [0.2, 0.25) is 0 Å². The molecule has 0 radical (unpaired) electrons. The SMILES string of the molecule is CCCN1C(=O)C(=O)/C(=C(/O)c2ccc(OC)cc2OC)C1c1c(C)[nH]c2ccccc12. The number of para-hydroxylation sites is 1. The number of aliphatic hydroxyl groups is 1. The van der Waals surface area contributed by atoms with Crippen molar-refractivity contribution >= 4 is 28.4 Å². The van der Waals surface area contributed by atoms with Crippen molar-refractivity contribution in [2.24, 2.45) is 0 Å². The molecule has 1 fully saturated rings. The molecule has 7 nitrogen and oxygen atoms in total. The minimum Gasteiger partial charge on any atom is -0.507 e. The summed E-state index contributed by atoms with van der Waals surface area (Å²) in [6, 6.07) is 12.0. The number of hydrogen-bond donors (Lipinski definition) is 2. The average molecular weight is 434 g/mol. The highest BCUT2D eigenvalue weighted by atomic mass is 16.5. The number of nitrogens with one attached hydrogen (secondary N) is 1. The van der Waals surface area contributed by atoms with Crippen LogP contribution in [0, 0.1) is 6.92 Å². The number of aromatic nitrogens is 1. The van der Waals surface area contributed by atoms with Gasteiger partial charge in [0, 0.05) is 34.8 Å². The van der Waals surface area contributed by atoms with Gasteiger partial charge >= 0.3 is 0 Å². The second-order valence-electron chi connectivity index (χ2n) is 7.77. The van der Waals surface area contributed by atoms with Crippen molar-refractivity contribution < 1.29 is 24.2 Å². The van der Waals surface area contributed by atoms with Crippen LogP contribution in [0.1, 0.15) is 36.2 Å². The third-order valence-electron chi connectivity index (χ3n) is 5.89. The van der Waals surface area contributed by atoms with Crippen LogP contribution in [0.25, 0.3) is 16.7 Å². The highest BCUT2D eigenvalue weighted by molar-refractivity contribution is 6.46. The molecule has 1 amide bonds. The lowest BCUT2D eigenvalue weighted by atomic mass is 9.93. The lowest BCUT2D eigenvalue weighted by Crippen LogP contribution is -2.30. The number of fused-ring (bicyclic) bond motifs is 1. The molecule has 2 N–H and O–H groups in total. The maximum absolute atomic E-state index is 13.2. The Morgan fingerprint density at radius 1 is 1.12 bits per heavy atom. The number of aromatic amines is 1. The molecule has 1 atom stereocenters. The maximum Gasteiger partial charge on any atom is 0.295 e. The number of carbonyl (C=O) groups is 2. The number of methoxy groups -OCH3 is 2. The fourth-order valence-electron chi connectivity index (χ4n) is 4.44. The number of H-pyrrole nitrogens is 1. The second kappa shape index (κ2) is 8.42. The minimum absolute atomic E-state index is 0.0553. The number of ether oxygens (including phenoxy) is 2. The van der Waals surface area contributed by atoms with Gasteiger partial charge in [-0.3, -0.25) is 9.59 Å². The number of nitrogens with zero attached hydrogens (tertiary/aromatic N) is 1. The average Bonchev–Trinajstić information content (AvgIpc) is 3.26. The molecule has 1 unspecified atom stereocenters. The zero-order valence-corrected chi connectivity index (χ0v) is 18.6. The van der Waals surface area contributed by atoms with Crippen molar-refractivity contribution in [1.29, 1.82) is 0 Å². The van der Waals surface area contributed by atoms with Crippen LogP contribution in [0.2, 0.25) is 0 Å². The van der Waals surface area contributed by atoms with Crippen molar-refractivity contribution in [2.75, 3.05) is 20.8 Å². The summed E-state index contributed by atoms with van der Waals surface area (Å²) < 4.78 is 10.7. The lowest BCUT2D eigenvalue weighted by Gasteiger charge is -2.25. The van der Waals surface area contributed by atoms with E-state index in [2.05, 4.69) is 4.98 Å². The molecule has 2 heterocycles. The number of rotatable bonds is 6. The number of likely N-dealkylation sites (tertiary alicyclic amines) is 1. The summed E-state index contributed by atoms with van der Waals surface area (Å²) in [7, 11) is 3.01. The van der Waals surface area contributed by atoms with Crippen molar-refractivity contribution in [3.05, 3.63) is 64.9 Å².